The number of hydrogen-bond donors (Lipinski definition) is 0. The quantitative estimate of drug-likeness (QED) is 0.582. The highest BCUT2D eigenvalue weighted by molar-refractivity contribution is 5.97. The number of carbonyl (C=O) groups is 4. The molecule has 0 aliphatic heterocycles. The van der Waals surface area contributed by atoms with E-state index in [-0.39, 0.29) is 56.4 Å². The van der Waals surface area contributed by atoms with Gasteiger partial charge in [-0.2, -0.15) is 0 Å². The van der Waals surface area contributed by atoms with Crippen molar-refractivity contribution < 1.29 is 28.7 Å². The van der Waals surface area contributed by atoms with Crippen LogP contribution in [0, 0.1) is 0 Å². The second kappa shape index (κ2) is 10.4. The number of Topliss-reactive ketones (excluding diaryl/α,β-unsaturated/α-hetero) is 1. The van der Waals surface area contributed by atoms with Crippen LogP contribution in [0.2, 0.25) is 0 Å². The van der Waals surface area contributed by atoms with Crippen LogP contribution in [-0.2, 0) is 30.3 Å². The molecule has 7 nitrogen and oxygen atoms in total. The molecule has 0 N–H and O–H groups in total. The predicted octanol–water partition coefficient (Wildman–Crippen LogP) is 3.08. The van der Waals surface area contributed by atoms with E-state index in [1.54, 1.807) is 26.1 Å². The molecule has 0 aliphatic rings. The monoisotopic (exact) mass is 387 g/mol. The summed E-state index contributed by atoms with van der Waals surface area (Å²) in [5, 5.41) is 0.803. The van der Waals surface area contributed by atoms with Gasteiger partial charge in [0.15, 0.2) is 0 Å². The van der Waals surface area contributed by atoms with Gasteiger partial charge in [0.2, 0.25) is 5.91 Å². The number of aromatic nitrogens is 1. The fraction of sp³-hybridized carbons (Fsp3) is 0.429. The van der Waals surface area contributed by atoms with E-state index in [1.165, 1.54) is 4.57 Å². The standard InChI is InChI=1S/C21H25NO6/c1-3-27-20(25)12-10-16(23)9-11-19(24)22-14-15(13-21(26)28-4-2)17-7-5-6-8-18(17)22/h5-8,14H,3-4,9-13H2,1-2H3. The van der Waals surface area contributed by atoms with Crippen LogP contribution in [0.1, 0.15) is 49.9 Å². The molecule has 150 valence electrons. The van der Waals surface area contributed by atoms with Crippen LogP contribution in [0.15, 0.2) is 30.5 Å². The molecule has 0 saturated carbocycles. The van der Waals surface area contributed by atoms with Gasteiger partial charge in [-0.05, 0) is 25.5 Å². The Kier molecular flexibility index (Phi) is 7.92. The first-order valence-corrected chi connectivity index (χ1v) is 9.41. The van der Waals surface area contributed by atoms with Gasteiger partial charge in [0, 0.05) is 30.8 Å². The van der Waals surface area contributed by atoms with E-state index in [2.05, 4.69) is 0 Å². The number of esters is 2. The van der Waals surface area contributed by atoms with Crippen molar-refractivity contribution in [2.24, 2.45) is 0 Å². The van der Waals surface area contributed by atoms with Crippen molar-refractivity contribution in [3.63, 3.8) is 0 Å². The molecule has 1 aromatic heterocycles. The normalized spacial score (nSPS) is 10.6. The van der Waals surface area contributed by atoms with Crippen molar-refractivity contribution in [3.8, 4) is 0 Å². The molecular weight excluding hydrogens is 362 g/mol. The lowest BCUT2D eigenvalue weighted by Crippen LogP contribution is -2.13. The molecule has 0 amide bonds. The summed E-state index contributed by atoms with van der Waals surface area (Å²) in [6, 6.07) is 7.29. The zero-order valence-electron chi connectivity index (χ0n) is 16.2. The van der Waals surface area contributed by atoms with Crippen molar-refractivity contribution >= 4 is 34.5 Å². The molecule has 0 fully saturated rings. The number of ketones is 1. The minimum Gasteiger partial charge on any atom is -0.466 e. The van der Waals surface area contributed by atoms with Crippen molar-refractivity contribution in [3.05, 3.63) is 36.0 Å². The minimum absolute atomic E-state index is 0.0248. The largest absolute Gasteiger partial charge is 0.466 e. The average Bonchev–Trinajstić information content (AvgIpc) is 3.03. The van der Waals surface area contributed by atoms with Crippen LogP contribution in [0.25, 0.3) is 10.9 Å². The molecular formula is C21H25NO6. The van der Waals surface area contributed by atoms with Gasteiger partial charge in [0.05, 0.1) is 31.6 Å². The van der Waals surface area contributed by atoms with Crippen LogP contribution in [0.5, 0.6) is 0 Å². The molecule has 0 radical (unpaired) electrons. The molecule has 0 saturated heterocycles. The highest BCUT2D eigenvalue weighted by atomic mass is 16.5. The predicted molar refractivity (Wildman–Crippen MR) is 103 cm³/mol. The lowest BCUT2D eigenvalue weighted by atomic mass is 10.1. The molecule has 1 heterocycles. The number of fused-ring (bicyclic) bond motifs is 1. The highest BCUT2D eigenvalue weighted by Crippen LogP contribution is 2.23. The zero-order valence-corrected chi connectivity index (χ0v) is 16.2. The molecule has 2 rings (SSSR count). The Morgan fingerprint density at radius 3 is 2.21 bits per heavy atom. The Hall–Kier alpha value is -2.96. The second-order valence-corrected chi connectivity index (χ2v) is 6.26. The molecule has 0 bridgehead atoms. The topological polar surface area (TPSA) is 91.7 Å². The van der Waals surface area contributed by atoms with Gasteiger partial charge in [-0.1, -0.05) is 18.2 Å². The Balaban J connectivity index is 2.04. The van der Waals surface area contributed by atoms with Crippen LogP contribution >= 0.6 is 0 Å². The number of hydrogen-bond acceptors (Lipinski definition) is 6. The molecule has 2 aromatic rings. The van der Waals surface area contributed by atoms with Gasteiger partial charge < -0.3 is 9.47 Å². The first kappa shape index (κ1) is 21.3. The molecule has 0 aliphatic carbocycles. The van der Waals surface area contributed by atoms with Gasteiger partial charge >= 0.3 is 11.9 Å². The minimum atomic E-state index is -0.415. The lowest BCUT2D eigenvalue weighted by Gasteiger charge is -2.04. The third-order valence-corrected chi connectivity index (χ3v) is 4.23. The summed E-state index contributed by atoms with van der Waals surface area (Å²) in [5.74, 6) is -1.17. The van der Waals surface area contributed by atoms with Gasteiger partial charge in [-0.25, -0.2) is 0 Å². The second-order valence-electron chi connectivity index (χ2n) is 6.26. The molecule has 7 heteroatoms. The maximum atomic E-state index is 12.6. The van der Waals surface area contributed by atoms with Gasteiger partial charge in [0.25, 0.3) is 0 Å². The Bertz CT molecular complexity index is 867. The SMILES string of the molecule is CCOC(=O)CCC(=O)CCC(=O)n1cc(CC(=O)OCC)c2ccccc21. The summed E-state index contributed by atoms with van der Waals surface area (Å²) in [4.78, 5) is 47.7. The van der Waals surface area contributed by atoms with Crippen LogP contribution in [0.3, 0.4) is 0 Å². The number of nitrogens with zero attached hydrogens (tertiary/aromatic N) is 1. The smallest absolute Gasteiger partial charge is 0.310 e. The Morgan fingerprint density at radius 2 is 1.50 bits per heavy atom. The summed E-state index contributed by atoms with van der Waals surface area (Å²) < 4.78 is 11.3. The first-order chi connectivity index (χ1) is 13.5. The van der Waals surface area contributed by atoms with E-state index < -0.39 is 5.97 Å². The highest BCUT2D eigenvalue weighted by Gasteiger charge is 2.17. The van der Waals surface area contributed by atoms with Crippen molar-refractivity contribution in [1.29, 1.82) is 0 Å². The van der Waals surface area contributed by atoms with Crippen molar-refractivity contribution in [2.75, 3.05) is 13.2 Å². The van der Waals surface area contributed by atoms with Crippen molar-refractivity contribution in [2.45, 2.75) is 46.0 Å². The fourth-order valence-electron chi connectivity index (χ4n) is 2.93. The lowest BCUT2D eigenvalue weighted by molar-refractivity contribution is -0.144. The van der Waals surface area contributed by atoms with E-state index in [0.717, 1.165) is 5.39 Å². The zero-order chi connectivity index (χ0) is 20.5. The molecule has 0 unspecified atom stereocenters. The van der Waals surface area contributed by atoms with E-state index >= 15 is 0 Å². The number of carbonyl (C=O) groups excluding carboxylic acids is 4. The van der Waals surface area contributed by atoms with E-state index in [9.17, 15) is 19.2 Å². The Morgan fingerprint density at radius 1 is 0.857 bits per heavy atom. The van der Waals surface area contributed by atoms with Gasteiger partial charge in [-0.15, -0.1) is 0 Å². The first-order valence-electron chi connectivity index (χ1n) is 9.41. The van der Waals surface area contributed by atoms with E-state index in [0.29, 0.717) is 17.7 Å². The van der Waals surface area contributed by atoms with Gasteiger partial charge in [0.1, 0.15) is 5.78 Å². The summed E-state index contributed by atoms with van der Waals surface area (Å²) in [6.07, 6.45) is 1.88. The average molecular weight is 387 g/mol. The molecule has 0 spiro atoms. The number of rotatable bonds is 10. The van der Waals surface area contributed by atoms with Crippen LogP contribution in [-0.4, -0.2) is 41.4 Å². The van der Waals surface area contributed by atoms with Crippen LogP contribution in [0.4, 0.5) is 0 Å². The molecule has 1 aromatic carbocycles. The summed E-state index contributed by atoms with van der Waals surface area (Å²) in [5.41, 5.74) is 1.39. The molecule has 0 atom stereocenters. The number of para-hydroxylation sites is 1. The maximum absolute atomic E-state index is 12.6. The molecule has 28 heavy (non-hydrogen) atoms. The number of ether oxygens (including phenoxy) is 2. The summed E-state index contributed by atoms with van der Waals surface area (Å²) in [6.45, 7) is 4.02. The summed E-state index contributed by atoms with van der Waals surface area (Å²) >= 11 is 0. The summed E-state index contributed by atoms with van der Waals surface area (Å²) in [7, 11) is 0. The maximum Gasteiger partial charge on any atom is 0.310 e. The van der Waals surface area contributed by atoms with Crippen LogP contribution < -0.4 is 0 Å². The fourth-order valence-corrected chi connectivity index (χ4v) is 2.93. The van der Waals surface area contributed by atoms with E-state index in [4.69, 9.17) is 9.47 Å². The van der Waals surface area contributed by atoms with Crippen molar-refractivity contribution in [1.82, 2.24) is 4.57 Å². The number of benzene rings is 1. The third kappa shape index (κ3) is 5.77. The Labute approximate surface area is 163 Å². The van der Waals surface area contributed by atoms with E-state index in [1.807, 2.05) is 18.2 Å². The third-order valence-electron chi connectivity index (χ3n) is 4.23. The van der Waals surface area contributed by atoms with Gasteiger partial charge in [-0.3, -0.25) is 23.7 Å².